The van der Waals surface area contributed by atoms with Crippen molar-refractivity contribution in [2.75, 3.05) is 22.7 Å². The molecule has 0 spiro atoms. The third-order valence-electron chi connectivity index (χ3n) is 4.24. The third-order valence-corrected chi connectivity index (χ3v) is 6.48. The molecule has 0 aromatic heterocycles. The highest BCUT2D eigenvalue weighted by Crippen LogP contribution is 2.30. The normalized spacial score (nSPS) is 20.8. The molecule has 2 atom stereocenters. The van der Waals surface area contributed by atoms with Crippen LogP contribution in [0.25, 0.3) is 0 Å². The summed E-state index contributed by atoms with van der Waals surface area (Å²) in [6.45, 7) is 5.97. The molecule has 0 bridgehead atoms. The van der Waals surface area contributed by atoms with Crippen molar-refractivity contribution < 1.29 is 8.42 Å². The molecule has 1 fully saturated rings. The van der Waals surface area contributed by atoms with E-state index in [0.29, 0.717) is 22.8 Å². The van der Waals surface area contributed by atoms with E-state index in [1.54, 1.807) is 36.4 Å². The van der Waals surface area contributed by atoms with Crippen LogP contribution >= 0.6 is 27.5 Å². The predicted octanol–water partition coefficient (Wildman–Crippen LogP) is 4.09. The molecule has 5 nitrogen and oxygen atoms in total. The highest BCUT2D eigenvalue weighted by Gasteiger charge is 2.22. The number of sulfonamides is 1. The fraction of sp³-hybridized carbons (Fsp3) is 0.333. The lowest BCUT2D eigenvalue weighted by molar-refractivity contribution is 0.407. The molecule has 0 saturated carbocycles. The van der Waals surface area contributed by atoms with Gasteiger partial charge in [0.2, 0.25) is 0 Å². The van der Waals surface area contributed by atoms with Crippen molar-refractivity contribution in [2.24, 2.45) is 0 Å². The molecule has 1 saturated heterocycles. The van der Waals surface area contributed by atoms with Crippen LogP contribution in [-0.2, 0) is 10.0 Å². The van der Waals surface area contributed by atoms with Gasteiger partial charge in [-0.2, -0.15) is 0 Å². The van der Waals surface area contributed by atoms with Gasteiger partial charge in [-0.25, -0.2) is 8.42 Å². The molecule has 8 heteroatoms. The molecular formula is C18H21BrClN3O2S. The average molecular weight is 459 g/mol. The molecule has 0 aliphatic carbocycles. The number of hydrogen-bond acceptors (Lipinski definition) is 4. The van der Waals surface area contributed by atoms with E-state index >= 15 is 0 Å². The maximum Gasteiger partial charge on any atom is 0.261 e. The van der Waals surface area contributed by atoms with Crippen molar-refractivity contribution in [3.05, 3.63) is 52.0 Å². The summed E-state index contributed by atoms with van der Waals surface area (Å²) in [5.41, 5.74) is 1.33. The Hall–Kier alpha value is -1.28. The molecule has 2 aromatic rings. The van der Waals surface area contributed by atoms with Crippen molar-refractivity contribution in [1.29, 1.82) is 0 Å². The first-order chi connectivity index (χ1) is 12.2. The van der Waals surface area contributed by atoms with Crippen LogP contribution in [0.2, 0.25) is 5.02 Å². The number of nitrogens with zero attached hydrogens (tertiary/aromatic N) is 1. The van der Waals surface area contributed by atoms with Gasteiger partial charge in [-0.3, -0.25) is 4.72 Å². The molecule has 1 aliphatic heterocycles. The van der Waals surface area contributed by atoms with E-state index in [2.05, 4.69) is 44.7 Å². The van der Waals surface area contributed by atoms with Crippen LogP contribution in [0.1, 0.15) is 13.8 Å². The van der Waals surface area contributed by atoms with Crippen molar-refractivity contribution in [3.8, 4) is 0 Å². The third kappa shape index (κ3) is 4.52. The van der Waals surface area contributed by atoms with Gasteiger partial charge >= 0.3 is 0 Å². The van der Waals surface area contributed by atoms with E-state index in [-0.39, 0.29) is 4.90 Å². The highest BCUT2D eigenvalue weighted by molar-refractivity contribution is 9.10. The first-order valence-electron chi connectivity index (χ1n) is 8.33. The minimum Gasteiger partial charge on any atom is -0.368 e. The molecule has 2 N–H and O–H groups in total. The summed E-state index contributed by atoms with van der Waals surface area (Å²) < 4.78 is 28.7. The zero-order chi connectivity index (χ0) is 18.9. The summed E-state index contributed by atoms with van der Waals surface area (Å²) in [6.07, 6.45) is 0. The lowest BCUT2D eigenvalue weighted by atomic mass is 10.1. The van der Waals surface area contributed by atoms with Crippen LogP contribution in [0.5, 0.6) is 0 Å². The predicted molar refractivity (Wildman–Crippen MR) is 111 cm³/mol. The average Bonchev–Trinajstić information content (AvgIpc) is 2.56. The van der Waals surface area contributed by atoms with Gasteiger partial charge < -0.3 is 10.2 Å². The van der Waals surface area contributed by atoms with Gasteiger partial charge in [0, 0.05) is 35.3 Å². The summed E-state index contributed by atoms with van der Waals surface area (Å²) in [6, 6.07) is 12.6. The second-order valence-corrected chi connectivity index (χ2v) is 9.60. The van der Waals surface area contributed by atoms with Crippen molar-refractivity contribution in [2.45, 2.75) is 30.8 Å². The topological polar surface area (TPSA) is 61.4 Å². The number of nitrogens with one attached hydrogen (secondary N) is 2. The first kappa shape index (κ1) is 19.5. The molecular weight excluding hydrogens is 438 g/mol. The minimum atomic E-state index is -3.71. The first-order valence-corrected chi connectivity index (χ1v) is 11.0. The van der Waals surface area contributed by atoms with E-state index in [0.717, 1.165) is 23.2 Å². The van der Waals surface area contributed by atoms with E-state index in [1.807, 2.05) is 6.07 Å². The van der Waals surface area contributed by atoms with E-state index in [4.69, 9.17) is 11.6 Å². The molecule has 3 rings (SSSR count). The minimum absolute atomic E-state index is 0.187. The van der Waals surface area contributed by atoms with Gasteiger partial charge in [-0.1, -0.05) is 27.5 Å². The SMILES string of the molecule is C[C@@H]1CN(c2ccc(Cl)c(NS(=O)(=O)c3ccc(Br)cc3)c2)C[C@H](C)N1. The Kier molecular flexibility index (Phi) is 5.81. The standard InChI is InChI=1S/C18H21BrClN3O2S/c1-12-10-23(11-13(2)21-12)15-5-8-17(20)18(9-15)22-26(24,25)16-6-3-14(19)4-7-16/h3-9,12-13,21-22H,10-11H2,1-2H3/t12-,13+. The van der Waals surface area contributed by atoms with Crippen molar-refractivity contribution >= 4 is 48.9 Å². The Labute approximate surface area is 167 Å². The van der Waals surface area contributed by atoms with Gasteiger partial charge in [0.15, 0.2) is 0 Å². The molecule has 26 heavy (non-hydrogen) atoms. The monoisotopic (exact) mass is 457 g/mol. The molecule has 2 aromatic carbocycles. The highest BCUT2D eigenvalue weighted by atomic mass is 79.9. The quantitative estimate of drug-likeness (QED) is 0.724. The summed E-state index contributed by atoms with van der Waals surface area (Å²) in [4.78, 5) is 2.42. The van der Waals surface area contributed by atoms with E-state index < -0.39 is 10.0 Å². The Balaban J connectivity index is 1.87. The Morgan fingerprint density at radius 2 is 1.73 bits per heavy atom. The number of halogens is 2. The molecule has 0 radical (unpaired) electrons. The van der Waals surface area contributed by atoms with Gasteiger partial charge in [0.1, 0.15) is 0 Å². The fourth-order valence-corrected chi connectivity index (χ4v) is 4.70. The number of benzene rings is 2. The molecule has 140 valence electrons. The van der Waals surface area contributed by atoms with Gasteiger partial charge in [0.25, 0.3) is 10.0 Å². The van der Waals surface area contributed by atoms with Gasteiger partial charge in [-0.05, 0) is 56.3 Å². The molecule has 1 heterocycles. The molecule has 1 aliphatic rings. The van der Waals surface area contributed by atoms with E-state index in [1.165, 1.54) is 0 Å². The van der Waals surface area contributed by atoms with Crippen LogP contribution in [-0.4, -0.2) is 33.6 Å². The summed E-state index contributed by atoms with van der Waals surface area (Å²) >= 11 is 9.55. The smallest absolute Gasteiger partial charge is 0.261 e. The number of anilines is 2. The van der Waals surface area contributed by atoms with Crippen LogP contribution < -0.4 is 14.9 Å². The Morgan fingerprint density at radius 1 is 1.12 bits per heavy atom. The van der Waals surface area contributed by atoms with Crippen molar-refractivity contribution in [3.63, 3.8) is 0 Å². The lowest BCUT2D eigenvalue weighted by Gasteiger charge is -2.37. The maximum absolute atomic E-state index is 12.6. The number of rotatable bonds is 4. The number of piperazine rings is 1. The Morgan fingerprint density at radius 3 is 2.35 bits per heavy atom. The second kappa shape index (κ2) is 7.76. The fourth-order valence-electron chi connectivity index (χ4n) is 3.14. The van der Waals surface area contributed by atoms with Gasteiger partial charge in [0.05, 0.1) is 15.6 Å². The summed E-state index contributed by atoms with van der Waals surface area (Å²) in [7, 11) is -3.71. The maximum atomic E-state index is 12.6. The van der Waals surface area contributed by atoms with E-state index in [9.17, 15) is 8.42 Å². The van der Waals surface area contributed by atoms with Gasteiger partial charge in [-0.15, -0.1) is 0 Å². The second-order valence-electron chi connectivity index (χ2n) is 6.60. The lowest BCUT2D eigenvalue weighted by Crippen LogP contribution is -2.54. The molecule has 0 amide bonds. The number of hydrogen-bond donors (Lipinski definition) is 2. The zero-order valence-corrected chi connectivity index (χ0v) is 17.7. The van der Waals surface area contributed by atoms with Crippen molar-refractivity contribution in [1.82, 2.24) is 5.32 Å². The molecule has 0 unspecified atom stereocenters. The summed E-state index contributed by atoms with van der Waals surface area (Å²) in [5, 5.41) is 3.85. The van der Waals surface area contributed by atoms with Crippen LogP contribution in [0.15, 0.2) is 51.8 Å². The van der Waals surface area contributed by atoms with Crippen LogP contribution in [0.3, 0.4) is 0 Å². The zero-order valence-electron chi connectivity index (χ0n) is 14.5. The summed E-state index contributed by atoms with van der Waals surface area (Å²) in [5.74, 6) is 0. The van der Waals surface area contributed by atoms with Crippen LogP contribution in [0.4, 0.5) is 11.4 Å². The van der Waals surface area contributed by atoms with Crippen LogP contribution in [0, 0.1) is 0 Å². The largest absolute Gasteiger partial charge is 0.368 e. The Bertz CT molecular complexity index is 880.